The second kappa shape index (κ2) is 7.66. The predicted octanol–water partition coefficient (Wildman–Crippen LogP) is 2.30. The van der Waals surface area contributed by atoms with E-state index >= 15 is 0 Å². The van der Waals surface area contributed by atoms with Crippen LogP contribution in [-0.4, -0.2) is 50.1 Å². The van der Waals surface area contributed by atoms with Gasteiger partial charge in [0.15, 0.2) is 0 Å². The van der Waals surface area contributed by atoms with Gasteiger partial charge in [0.25, 0.3) is 0 Å². The van der Waals surface area contributed by atoms with Crippen molar-refractivity contribution in [3.8, 4) is 0 Å². The van der Waals surface area contributed by atoms with E-state index in [4.69, 9.17) is 5.10 Å². The highest BCUT2D eigenvalue weighted by molar-refractivity contribution is 7.09. The van der Waals surface area contributed by atoms with Crippen molar-refractivity contribution in [3.63, 3.8) is 0 Å². The summed E-state index contributed by atoms with van der Waals surface area (Å²) in [6.07, 6.45) is 6.61. The number of nitrogens with zero attached hydrogens (tertiary/aromatic N) is 5. The molecule has 0 aliphatic carbocycles. The fraction of sp³-hybridized carbons (Fsp3) is 0.611. The smallest absolute Gasteiger partial charge is 0.222 e. The molecule has 1 fully saturated rings. The molecule has 0 aromatic carbocycles. The minimum atomic E-state index is 0.283. The summed E-state index contributed by atoms with van der Waals surface area (Å²) < 4.78 is 2.14. The number of likely N-dealkylation sites (tertiary alicyclic amines) is 1. The van der Waals surface area contributed by atoms with Crippen LogP contribution in [0.15, 0.2) is 17.6 Å². The molecule has 134 valence electrons. The molecule has 7 heteroatoms. The number of aromatic nitrogens is 3. The maximum absolute atomic E-state index is 12.2. The molecule has 0 radical (unpaired) electrons. The van der Waals surface area contributed by atoms with Gasteiger partial charge < -0.3 is 4.90 Å². The van der Waals surface area contributed by atoms with Gasteiger partial charge in [0, 0.05) is 57.1 Å². The van der Waals surface area contributed by atoms with Crippen molar-refractivity contribution in [2.75, 3.05) is 19.6 Å². The van der Waals surface area contributed by atoms with Crippen LogP contribution in [0, 0.1) is 0 Å². The van der Waals surface area contributed by atoms with Gasteiger partial charge in [-0.2, -0.15) is 5.10 Å². The third kappa shape index (κ3) is 4.10. The Labute approximate surface area is 152 Å². The Bertz CT molecular complexity index is 705. The molecule has 0 saturated carbocycles. The van der Waals surface area contributed by atoms with Crippen molar-refractivity contribution in [2.24, 2.45) is 0 Å². The molecule has 0 spiro atoms. The molecular weight excluding hydrogens is 334 g/mol. The van der Waals surface area contributed by atoms with E-state index in [9.17, 15) is 4.79 Å². The number of amides is 1. The zero-order chi connectivity index (χ0) is 17.1. The molecule has 4 heterocycles. The Morgan fingerprint density at radius 2 is 2.04 bits per heavy atom. The number of carbonyl (C=O) groups excluding carboxylic acids is 1. The van der Waals surface area contributed by atoms with Crippen molar-refractivity contribution < 1.29 is 4.79 Å². The normalized spacial score (nSPS) is 18.3. The summed E-state index contributed by atoms with van der Waals surface area (Å²) in [4.78, 5) is 21.1. The molecule has 0 bridgehead atoms. The summed E-state index contributed by atoms with van der Waals surface area (Å²) in [5.41, 5.74) is 2.32. The van der Waals surface area contributed by atoms with E-state index in [1.165, 1.54) is 10.7 Å². The van der Waals surface area contributed by atoms with Crippen molar-refractivity contribution in [3.05, 3.63) is 34.0 Å². The first kappa shape index (κ1) is 16.7. The lowest BCUT2D eigenvalue weighted by atomic mass is 10.2. The summed E-state index contributed by atoms with van der Waals surface area (Å²) in [7, 11) is 0. The van der Waals surface area contributed by atoms with Gasteiger partial charge >= 0.3 is 0 Å². The highest BCUT2D eigenvalue weighted by atomic mass is 32.1. The van der Waals surface area contributed by atoms with Crippen molar-refractivity contribution >= 4 is 17.2 Å². The molecule has 6 nitrogen and oxygen atoms in total. The van der Waals surface area contributed by atoms with Crippen molar-refractivity contribution in [2.45, 2.75) is 51.7 Å². The van der Waals surface area contributed by atoms with Crippen LogP contribution < -0.4 is 0 Å². The number of aryl methyl sites for hydroxylation is 2. The fourth-order valence-electron chi connectivity index (χ4n) is 3.73. The number of hydrogen-bond acceptors (Lipinski definition) is 5. The highest BCUT2D eigenvalue weighted by Gasteiger charge is 2.20. The summed E-state index contributed by atoms with van der Waals surface area (Å²) in [5.74, 6) is 0.283. The van der Waals surface area contributed by atoms with Gasteiger partial charge in [-0.25, -0.2) is 4.98 Å². The van der Waals surface area contributed by atoms with Crippen molar-refractivity contribution in [1.29, 1.82) is 0 Å². The molecule has 0 atom stereocenters. The lowest BCUT2D eigenvalue weighted by molar-refractivity contribution is -0.130. The molecular formula is C18H25N5OS. The fourth-order valence-corrected chi connectivity index (χ4v) is 4.38. The topological polar surface area (TPSA) is 54.3 Å². The Kier molecular flexibility index (Phi) is 5.12. The molecule has 4 rings (SSSR count). The van der Waals surface area contributed by atoms with E-state index < -0.39 is 0 Å². The summed E-state index contributed by atoms with van der Waals surface area (Å²) in [6.45, 7) is 5.72. The van der Waals surface area contributed by atoms with Crippen LogP contribution in [0.5, 0.6) is 0 Å². The highest BCUT2D eigenvalue weighted by Crippen LogP contribution is 2.18. The standard InChI is InChI=1S/C18H25N5OS/c24-18(22-8-1-2-9-22)5-4-15-12-16-13-21(7-3-10-23(16)20-15)14-17-19-6-11-25-17/h6,11-12H,1-5,7-10,13-14H2. The maximum Gasteiger partial charge on any atom is 0.222 e. The first-order valence-corrected chi connectivity index (χ1v) is 10.1. The van der Waals surface area contributed by atoms with E-state index in [2.05, 4.69) is 20.6 Å². The third-order valence-corrected chi connectivity index (χ3v) is 5.80. The monoisotopic (exact) mass is 359 g/mol. The minimum Gasteiger partial charge on any atom is -0.343 e. The molecule has 2 aliphatic heterocycles. The summed E-state index contributed by atoms with van der Waals surface area (Å²) in [6, 6.07) is 2.19. The second-order valence-electron chi connectivity index (χ2n) is 6.93. The Balaban J connectivity index is 1.36. The van der Waals surface area contributed by atoms with Gasteiger partial charge in [0.2, 0.25) is 5.91 Å². The molecule has 2 aliphatic rings. The van der Waals surface area contributed by atoms with E-state index in [0.717, 1.165) is 70.6 Å². The van der Waals surface area contributed by atoms with Gasteiger partial charge in [0.1, 0.15) is 5.01 Å². The molecule has 0 unspecified atom stereocenters. The number of thiazole rings is 1. The number of carbonyl (C=O) groups is 1. The zero-order valence-corrected chi connectivity index (χ0v) is 15.4. The van der Waals surface area contributed by atoms with Crippen LogP contribution in [0.3, 0.4) is 0 Å². The molecule has 25 heavy (non-hydrogen) atoms. The maximum atomic E-state index is 12.2. The van der Waals surface area contributed by atoms with Gasteiger partial charge in [-0.05, 0) is 25.3 Å². The largest absolute Gasteiger partial charge is 0.343 e. The summed E-state index contributed by atoms with van der Waals surface area (Å²) in [5, 5.41) is 7.95. The number of hydrogen-bond donors (Lipinski definition) is 0. The van der Waals surface area contributed by atoms with E-state index in [0.29, 0.717) is 6.42 Å². The summed E-state index contributed by atoms with van der Waals surface area (Å²) >= 11 is 1.72. The first-order valence-electron chi connectivity index (χ1n) is 9.22. The van der Waals surface area contributed by atoms with Crippen LogP contribution >= 0.6 is 11.3 Å². The van der Waals surface area contributed by atoms with Crippen LogP contribution in [0.25, 0.3) is 0 Å². The SMILES string of the molecule is O=C(CCc1cc2n(n1)CCCN(Cc1nccs1)C2)N1CCCC1. The Hall–Kier alpha value is -1.73. The van der Waals surface area contributed by atoms with Crippen LogP contribution in [0.2, 0.25) is 0 Å². The average molecular weight is 359 g/mol. The predicted molar refractivity (Wildman–Crippen MR) is 97.2 cm³/mol. The van der Waals surface area contributed by atoms with E-state index in [1.807, 2.05) is 16.5 Å². The minimum absolute atomic E-state index is 0.283. The van der Waals surface area contributed by atoms with Crippen LogP contribution in [-0.2, 0) is 30.8 Å². The van der Waals surface area contributed by atoms with Gasteiger partial charge in [-0.3, -0.25) is 14.4 Å². The molecule has 1 saturated heterocycles. The lowest BCUT2D eigenvalue weighted by Crippen LogP contribution is -2.27. The second-order valence-corrected chi connectivity index (χ2v) is 7.91. The van der Waals surface area contributed by atoms with Gasteiger partial charge in [0.05, 0.1) is 17.9 Å². The molecule has 2 aromatic rings. The van der Waals surface area contributed by atoms with E-state index in [-0.39, 0.29) is 5.91 Å². The number of fused-ring (bicyclic) bond motifs is 1. The number of rotatable bonds is 5. The third-order valence-electron chi connectivity index (χ3n) is 5.04. The van der Waals surface area contributed by atoms with Crippen LogP contribution in [0.1, 0.15) is 42.1 Å². The molecule has 2 aromatic heterocycles. The van der Waals surface area contributed by atoms with Gasteiger partial charge in [-0.1, -0.05) is 0 Å². The quantitative estimate of drug-likeness (QED) is 0.822. The Morgan fingerprint density at radius 3 is 2.84 bits per heavy atom. The lowest BCUT2D eigenvalue weighted by Gasteiger charge is -2.17. The van der Waals surface area contributed by atoms with Crippen molar-refractivity contribution in [1.82, 2.24) is 24.6 Å². The van der Waals surface area contributed by atoms with Crippen LogP contribution in [0.4, 0.5) is 0 Å². The molecule has 1 amide bonds. The Morgan fingerprint density at radius 1 is 1.16 bits per heavy atom. The first-order chi connectivity index (χ1) is 12.3. The van der Waals surface area contributed by atoms with Gasteiger partial charge in [-0.15, -0.1) is 11.3 Å². The van der Waals surface area contributed by atoms with E-state index in [1.54, 1.807) is 11.3 Å². The zero-order valence-electron chi connectivity index (χ0n) is 14.6. The average Bonchev–Trinajstić information content (AvgIpc) is 3.34. The molecule has 0 N–H and O–H groups in total.